The molecule has 0 amide bonds. The van der Waals surface area contributed by atoms with Crippen molar-refractivity contribution in [3.05, 3.63) is 50.8 Å². The summed E-state index contributed by atoms with van der Waals surface area (Å²) in [5, 5.41) is 8.63. The molecule has 1 aromatic carbocycles. The molecule has 0 radical (unpaired) electrons. The van der Waals surface area contributed by atoms with E-state index in [2.05, 4.69) is 26.1 Å². The molecule has 0 saturated heterocycles. The van der Waals surface area contributed by atoms with Crippen LogP contribution in [0.2, 0.25) is 5.02 Å². The maximum absolute atomic E-state index is 13.5. The van der Waals surface area contributed by atoms with Crippen LogP contribution in [0.1, 0.15) is 24.1 Å². The lowest BCUT2D eigenvalue weighted by molar-refractivity contribution is 0.390. The number of methoxy groups -OCH3 is 1. The summed E-state index contributed by atoms with van der Waals surface area (Å²) in [5.41, 5.74) is 1.46. The van der Waals surface area contributed by atoms with Gasteiger partial charge in [-0.15, -0.1) is 5.10 Å². The predicted molar refractivity (Wildman–Crippen MR) is 77.7 cm³/mol. The van der Waals surface area contributed by atoms with Gasteiger partial charge in [-0.2, -0.15) is 5.10 Å². The molecule has 1 aliphatic rings. The zero-order valence-electron chi connectivity index (χ0n) is 10.7. The van der Waals surface area contributed by atoms with Crippen molar-refractivity contribution in [2.24, 2.45) is 0 Å². The molecule has 0 bridgehead atoms. The number of hydrogen-bond acceptors (Lipinski definition) is 3. The standard InChI is InChI=1S/C14H11BrClFN2O/c1-20-13-3-2-12(18-19-13)14(4-5-14)8-6-9(15)11(17)7-10(8)16/h2-3,6-7H,4-5H2,1H3. The van der Waals surface area contributed by atoms with Crippen molar-refractivity contribution in [1.82, 2.24) is 10.2 Å². The van der Waals surface area contributed by atoms with Crippen molar-refractivity contribution in [1.29, 1.82) is 0 Å². The van der Waals surface area contributed by atoms with Crippen molar-refractivity contribution >= 4 is 27.5 Å². The van der Waals surface area contributed by atoms with Crippen LogP contribution in [-0.2, 0) is 5.41 Å². The molecule has 0 spiro atoms. The Hall–Kier alpha value is -1.20. The minimum Gasteiger partial charge on any atom is -0.480 e. The fourth-order valence-corrected chi connectivity index (χ4v) is 3.04. The Morgan fingerprint density at radius 3 is 2.60 bits per heavy atom. The SMILES string of the molecule is COc1ccc(C2(c3cc(Br)c(F)cc3Cl)CC2)nn1. The van der Waals surface area contributed by atoms with Crippen molar-refractivity contribution in [3.8, 4) is 5.88 Å². The highest BCUT2D eigenvalue weighted by Gasteiger charge is 2.49. The Morgan fingerprint density at radius 2 is 2.05 bits per heavy atom. The van der Waals surface area contributed by atoms with Gasteiger partial charge in [0, 0.05) is 16.5 Å². The van der Waals surface area contributed by atoms with Gasteiger partial charge in [0.15, 0.2) is 0 Å². The van der Waals surface area contributed by atoms with Gasteiger partial charge < -0.3 is 4.74 Å². The van der Waals surface area contributed by atoms with Crippen LogP contribution in [0.3, 0.4) is 0 Å². The first kappa shape index (κ1) is 13.8. The summed E-state index contributed by atoms with van der Waals surface area (Å²) in [4.78, 5) is 0. The first-order valence-electron chi connectivity index (χ1n) is 6.10. The van der Waals surface area contributed by atoms with Crippen molar-refractivity contribution < 1.29 is 9.13 Å². The number of aromatic nitrogens is 2. The smallest absolute Gasteiger partial charge is 0.233 e. The van der Waals surface area contributed by atoms with E-state index in [1.807, 2.05) is 6.07 Å². The molecular weight excluding hydrogens is 347 g/mol. The van der Waals surface area contributed by atoms with Gasteiger partial charge in [0.1, 0.15) is 5.82 Å². The first-order valence-corrected chi connectivity index (χ1v) is 7.27. The molecule has 0 N–H and O–H groups in total. The highest BCUT2D eigenvalue weighted by atomic mass is 79.9. The number of benzene rings is 1. The van der Waals surface area contributed by atoms with Crippen LogP contribution in [0.25, 0.3) is 0 Å². The van der Waals surface area contributed by atoms with Gasteiger partial charge in [0.2, 0.25) is 5.88 Å². The molecule has 0 unspecified atom stereocenters. The van der Waals surface area contributed by atoms with Crippen LogP contribution in [0.4, 0.5) is 4.39 Å². The average molecular weight is 358 g/mol. The first-order chi connectivity index (χ1) is 9.56. The van der Waals surface area contributed by atoms with E-state index < -0.39 is 0 Å². The molecule has 2 aromatic rings. The third-order valence-corrected chi connectivity index (χ3v) is 4.54. The van der Waals surface area contributed by atoms with Crippen molar-refractivity contribution in [2.75, 3.05) is 7.11 Å². The van der Waals surface area contributed by atoms with Gasteiger partial charge in [-0.3, -0.25) is 0 Å². The Kier molecular flexibility index (Phi) is 3.42. The van der Waals surface area contributed by atoms with E-state index in [0.29, 0.717) is 15.4 Å². The quantitative estimate of drug-likeness (QED) is 0.775. The van der Waals surface area contributed by atoms with Crippen LogP contribution >= 0.6 is 27.5 Å². The summed E-state index contributed by atoms with van der Waals surface area (Å²) in [5.74, 6) is 0.103. The zero-order valence-corrected chi connectivity index (χ0v) is 13.0. The summed E-state index contributed by atoms with van der Waals surface area (Å²) in [6, 6.07) is 6.72. The number of nitrogens with zero attached hydrogens (tertiary/aromatic N) is 2. The molecule has 1 saturated carbocycles. The second-order valence-corrected chi connectivity index (χ2v) is 6.05. The maximum atomic E-state index is 13.5. The second-order valence-electron chi connectivity index (χ2n) is 4.79. The topological polar surface area (TPSA) is 35.0 Å². The molecule has 1 heterocycles. The predicted octanol–water partition coefficient (Wildman–Crippen LogP) is 4.12. The van der Waals surface area contributed by atoms with Crippen molar-refractivity contribution in [2.45, 2.75) is 18.3 Å². The Balaban J connectivity index is 2.06. The van der Waals surface area contributed by atoms with E-state index >= 15 is 0 Å². The summed E-state index contributed by atoms with van der Waals surface area (Å²) in [7, 11) is 1.55. The maximum Gasteiger partial charge on any atom is 0.233 e. The lowest BCUT2D eigenvalue weighted by Crippen LogP contribution is -2.13. The number of ether oxygens (including phenoxy) is 1. The van der Waals surface area contributed by atoms with Crippen LogP contribution < -0.4 is 4.74 Å². The largest absolute Gasteiger partial charge is 0.480 e. The average Bonchev–Trinajstić information content (AvgIpc) is 3.24. The molecule has 104 valence electrons. The highest BCUT2D eigenvalue weighted by molar-refractivity contribution is 9.10. The van der Waals surface area contributed by atoms with Gasteiger partial charge in [0.25, 0.3) is 0 Å². The molecule has 1 aromatic heterocycles. The third-order valence-electron chi connectivity index (χ3n) is 3.62. The van der Waals surface area contributed by atoms with Crippen LogP contribution in [0, 0.1) is 5.82 Å². The van der Waals surface area contributed by atoms with Gasteiger partial charge >= 0.3 is 0 Å². The van der Waals surface area contributed by atoms with E-state index in [4.69, 9.17) is 16.3 Å². The van der Waals surface area contributed by atoms with E-state index in [9.17, 15) is 4.39 Å². The van der Waals surface area contributed by atoms with Crippen molar-refractivity contribution in [3.63, 3.8) is 0 Å². The summed E-state index contributed by atoms with van der Waals surface area (Å²) in [6.45, 7) is 0. The van der Waals surface area contributed by atoms with E-state index in [0.717, 1.165) is 24.1 Å². The summed E-state index contributed by atoms with van der Waals surface area (Å²) in [6.07, 6.45) is 1.84. The third kappa shape index (κ3) is 2.19. The number of rotatable bonds is 3. The molecule has 3 nitrogen and oxygen atoms in total. The van der Waals surface area contributed by atoms with Gasteiger partial charge in [-0.25, -0.2) is 4.39 Å². The molecule has 6 heteroatoms. The van der Waals surface area contributed by atoms with Crippen LogP contribution in [0.15, 0.2) is 28.7 Å². The molecule has 3 rings (SSSR count). The van der Waals surface area contributed by atoms with E-state index in [-0.39, 0.29) is 11.2 Å². The molecular formula is C14H11BrClFN2O. The molecule has 20 heavy (non-hydrogen) atoms. The van der Waals surface area contributed by atoms with Gasteiger partial charge in [0.05, 0.1) is 17.3 Å². The number of halogens is 3. The van der Waals surface area contributed by atoms with Gasteiger partial charge in [-0.05, 0) is 52.5 Å². The Bertz CT molecular complexity index is 659. The summed E-state index contributed by atoms with van der Waals surface area (Å²) < 4.78 is 18.9. The fraction of sp³-hybridized carbons (Fsp3) is 0.286. The molecule has 0 atom stereocenters. The second kappa shape index (κ2) is 4.97. The van der Waals surface area contributed by atoms with Crippen LogP contribution in [0.5, 0.6) is 5.88 Å². The summed E-state index contributed by atoms with van der Waals surface area (Å²) >= 11 is 9.41. The highest BCUT2D eigenvalue weighted by Crippen LogP contribution is 2.55. The minimum atomic E-state index is -0.365. The normalized spacial score (nSPS) is 16.0. The monoisotopic (exact) mass is 356 g/mol. The van der Waals surface area contributed by atoms with Crippen LogP contribution in [-0.4, -0.2) is 17.3 Å². The van der Waals surface area contributed by atoms with Gasteiger partial charge in [-0.1, -0.05) is 11.6 Å². The minimum absolute atomic E-state index is 0.257. The zero-order chi connectivity index (χ0) is 14.3. The Labute approximate surface area is 129 Å². The molecule has 0 aliphatic heterocycles. The molecule has 1 aliphatic carbocycles. The number of hydrogen-bond donors (Lipinski definition) is 0. The lowest BCUT2D eigenvalue weighted by atomic mass is 9.92. The molecule has 1 fully saturated rings. The Morgan fingerprint density at radius 1 is 1.30 bits per heavy atom. The lowest BCUT2D eigenvalue weighted by Gasteiger charge is -2.17. The fourth-order valence-electron chi connectivity index (χ4n) is 2.36. The van der Waals surface area contributed by atoms with E-state index in [1.165, 1.54) is 6.07 Å². The van der Waals surface area contributed by atoms with E-state index in [1.54, 1.807) is 19.2 Å².